The molecule has 0 aliphatic heterocycles. The molecule has 0 N–H and O–H groups in total. The van der Waals surface area contributed by atoms with Gasteiger partial charge in [-0.2, -0.15) is 0 Å². The molecule has 12 rings (SSSR count). The Morgan fingerprint density at radius 3 is 0.725 bits per heavy atom. The zero-order valence-electron chi connectivity index (χ0n) is 49.8. The standard InChI is InChI=1S/4C16H13.C6H12.2CH5Si.4CH3.2Hf/c4*1-12-10-14-8-5-9-15(16(14)11-12)13-6-3-2-4-7-13;1-3-5-6-4-2;2*1-2;;;;;;/h4*2-11H,1H3;1-6H2;2*2H2,1H3;4*1H3;;. The third-order valence-electron chi connectivity index (χ3n) is 23.8. The van der Waals surface area contributed by atoms with Crippen molar-refractivity contribution >= 4 is 37.7 Å². The molecule has 4 atom stereocenters. The Morgan fingerprint density at radius 1 is 0.287 bits per heavy atom. The molecule has 0 nitrogen and oxygen atoms in total. The molecule has 0 radical (unpaired) electrons. The molecule has 406 valence electrons. The fourth-order valence-corrected chi connectivity index (χ4v) is 136. The summed E-state index contributed by atoms with van der Waals surface area (Å²) in [6, 6.07) is 74.4. The van der Waals surface area contributed by atoms with Crippen molar-refractivity contribution < 1.29 is 32.4 Å². The fraction of sp³-hybridized carbons (Fsp3) is 0.263. The van der Waals surface area contributed by atoms with Gasteiger partial charge in [-0.05, 0) is 0 Å². The van der Waals surface area contributed by atoms with E-state index in [0.29, 0.717) is 14.7 Å². The summed E-state index contributed by atoms with van der Waals surface area (Å²) >= 11 is -9.66. The van der Waals surface area contributed by atoms with Crippen LogP contribution in [0.5, 0.6) is 0 Å². The van der Waals surface area contributed by atoms with Gasteiger partial charge in [0.2, 0.25) is 0 Å². The second kappa shape index (κ2) is 19.8. The Balaban J connectivity index is 0.943. The van der Waals surface area contributed by atoms with E-state index < -0.39 is 45.8 Å². The predicted octanol–water partition coefficient (Wildman–Crippen LogP) is 21.6. The zero-order valence-corrected chi connectivity index (χ0v) is 59.8. The van der Waals surface area contributed by atoms with Gasteiger partial charge in [-0.25, -0.2) is 0 Å². The van der Waals surface area contributed by atoms with Crippen LogP contribution in [0.4, 0.5) is 0 Å². The van der Waals surface area contributed by atoms with E-state index in [4.69, 9.17) is 0 Å². The van der Waals surface area contributed by atoms with Crippen LogP contribution in [0.3, 0.4) is 0 Å². The van der Waals surface area contributed by atoms with Crippen LogP contribution in [0.1, 0.15) is 113 Å². The molecule has 0 saturated carbocycles. The Labute approximate surface area is 479 Å². The molecule has 8 aromatic carbocycles. The van der Waals surface area contributed by atoms with E-state index in [9.17, 15) is 0 Å². The maximum absolute atomic E-state index is 4.83. The normalized spacial score (nSPS) is 20.3. The second-order valence-corrected chi connectivity index (χ2v) is 164. The van der Waals surface area contributed by atoms with E-state index in [1.165, 1.54) is 101 Å². The summed E-state index contributed by atoms with van der Waals surface area (Å²) in [5.74, 6) is 0. The number of unbranched alkanes of at least 4 members (excludes halogenated alkanes) is 3. The summed E-state index contributed by atoms with van der Waals surface area (Å²) in [6.45, 7) is 14.5. The monoisotopic (exact) mass is 1410 g/mol. The average molecular weight is 1410 g/mol. The summed E-state index contributed by atoms with van der Waals surface area (Å²) in [5.41, 5.74) is 29.9. The van der Waals surface area contributed by atoms with Gasteiger partial charge in [0.1, 0.15) is 0 Å². The summed E-state index contributed by atoms with van der Waals surface area (Å²) in [6.07, 6.45) is 15.9. The van der Waals surface area contributed by atoms with Gasteiger partial charge in [0.05, 0.1) is 0 Å². The molecule has 0 heterocycles. The van der Waals surface area contributed by atoms with Gasteiger partial charge in [0, 0.05) is 0 Å². The number of benzene rings is 8. The summed E-state index contributed by atoms with van der Waals surface area (Å²) in [7, 11) is 0. The zero-order chi connectivity index (χ0) is 55.8. The number of allylic oxidation sites excluding steroid dienone is 4. The van der Waals surface area contributed by atoms with Gasteiger partial charge in [-0.15, -0.1) is 0 Å². The van der Waals surface area contributed by atoms with Crippen LogP contribution in [0.15, 0.2) is 216 Å². The van der Waals surface area contributed by atoms with Crippen molar-refractivity contribution in [2.75, 3.05) is 0 Å². The van der Waals surface area contributed by atoms with Crippen molar-refractivity contribution in [3.05, 3.63) is 261 Å². The molecular weight excluding hydrogens is 1330 g/mol. The fourth-order valence-electron chi connectivity index (χ4n) is 19.9. The molecule has 4 aliphatic rings. The summed E-state index contributed by atoms with van der Waals surface area (Å²) in [5, 5.41) is 0. The third kappa shape index (κ3) is 8.39. The number of fused-ring (bicyclic) bond motifs is 4. The minimum absolute atomic E-state index is 0.490. The van der Waals surface area contributed by atoms with E-state index in [1.807, 2.05) is 0 Å². The van der Waals surface area contributed by atoms with Gasteiger partial charge in [-0.3, -0.25) is 0 Å². The van der Waals surface area contributed by atoms with E-state index in [0.717, 1.165) is 0 Å². The molecule has 0 saturated heterocycles. The number of hydrogen-bond acceptors (Lipinski definition) is 0. The van der Waals surface area contributed by atoms with Crippen molar-refractivity contribution in [1.29, 1.82) is 0 Å². The van der Waals surface area contributed by atoms with Gasteiger partial charge >= 0.3 is 484 Å². The molecule has 8 aromatic rings. The summed E-state index contributed by atoms with van der Waals surface area (Å²) in [4.78, 5) is 0. The average Bonchev–Trinajstić information content (AvgIpc) is 2.75. The number of hydrogen-bond donors (Lipinski definition) is 0. The van der Waals surface area contributed by atoms with E-state index in [2.05, 4.69) is 278 Å². The first-order valence-corrected chi connectivity index (χ1v) is 78.0. The Bertz CT molecular complexity index is 3410. The van der Waals surface area contributed by atoms with Gasteiger partial charge in [0.15, 0.2) is 0 Å². The predicted molar refractivity (Wildman–Crippen MR) is 353 cm³/mol. The quantitative estimate of drug-likeness (QED) is 0.0630. The van der Waals surface area contributed by atoms with E-state index in [1.54, 1.807) is 44.5 Å². The molecule has 80 heavy (non-hydrogen) atoms. The van der Waals surface area contributed by atoms with Crippen molar-refractivity contribution in [1.82, 2.24) is 0 Å². The molecule has 4 heteroatoms. The van der Waals surface area contributed by atoms with E-state index >= 15 is 0 Å². The Morgan fingerprint density at radius 2 is 0.512 bits per heavy atom. The van der Waals surface area contributed by atoms with Gasteiger partial charge in [0.25, 0.3) is 0 Å². The summed E-state index contributed by atoms with van der Waals surface area (Å²) < 4.78 is 17.0. The van der Waals surface area contributed by atoms with Gasteiger partial charge in [-0.1, -0.05) is 0 Å². The van der Waals surface area contributed by atoms with Crippen molar-refractivity contribution in [3.8, 4) is 44.5 Å². The van der Waals surface area contributed by atoms with Crippen molar-refractivity contribution in [3.63, 3.8) is 0 Å². The Kier molecular flexibility index (Phi) is 13.7. The minimum atomic E-state index is -4.83. The molecule has 4 aliphatic carbocycles. The molecule has 0 aromatic heterocycles. The first-order chi connectivity index (χ1) is 38.4. The first kappa shape index (κ1) is 55.4. The van der Waals surface area contributed by atoms with Crippen LogP contribution in [0, 0.1) is 0 Å². The maximum atomic E-state index is 3.05. The van der Waals surface area contributed by atoms with Crippen LogP contribution < -0.4 is 0 Å². The Hall–Kier alpha value is -5.11. The molecular formula is C76H86Hf2Si2. The van der Waals surface area contributed by atoms with Crippen LogP contribution >= 0.6 is 0 Å². The second-order valence-electron chi connectivity index (χ2n) is 29.2. The molecule has 0 amide bonds. The van der Waals surface area contributed by atoms with Crippen LogP contribution in [-0.4, -0.2) is 13.4 Å². The third-order valence-corrected chi connectivity index (χ3v) is 168. The topological polar surface area (TPSA) is 0 Å². The molecule has 4 unspecified atom stereocenters. The molecule has 0 fully saturated rings. The molecule has 0 bridgehead atoms. The SMILES string of the molecule is C[SiH2][Hf]([CH3])([CH3])([CH2]CCCC[CH2][Hf]([CH3])([CH3])([SiH2]C)([CH]1C(C)=Cc2c(-c3ccccc3)cccc21)[CH]1C(C)=Cc2c(-c3ccccc3)cccc21)([CH]1C(C)=Cc2c(-c3ccccc3)cccc21)[CH]1C(C)=Cc2c(-c3ccccc3)cccc21. The van der Waals surface area contributed by atoms with Crippen LogP contribution in [-0.2, 0) is 32.4 Å². The van der Waals surface area contributed by atoms with Crippen LogP contribution in [0.2, 0.25) is 40.2 Å². The van der Waals surface area contributed by atoms with Crippen LogP contribution in [0.25, 0.3) is 68.8 Å². The van der Waals surface area contributed by atoms with Crippen molar-refractivity contribution in [2.45, 2.75) is 108 Å². The molecule has 0 spiro atoms. The van der Waals surface area contributed by atoms with Gasteiger partial charge < -0.3 is 0 Å². The first-order valence-electron chi connectivity index (χ1n) is 30.7. The van der Waals surface area contributed by atoms with E-state index in [-0.39, 0.29) is 0 Å². The van der Waals surface area contributed by atoms with Crippen molar-refractivity contribution in [2.24, 2.45) is 0 Å². The number of rotatable bonds is 17.